The third-order valence-corrected chi connectivity index (χ3v) is 9.23. The molecule has 0 fully saturated rings. The maximum Gasteiger partial charge on any atom is 0.348 e. The van der Waals surface area contributed by atoms with Gasteiger partial charge in [0.15, 0.2) is 18.1 Å². The number of rotatable bonds is 8. The minimum atomic E-state index is -0.641. The van der Waals surface area contributed by atoms with Crippen molar-refractivity contribution in [1.82, 2.24) is 9.78 Å². The molecule has 1 N–H and O–H groups in total. The van der Waals surface area contributed by atoms with Crippen molar-refractivity contribution in [3.05, 3.63) is 85.7 Å². The van der Waals surface area contributed by atoms with Gasteiger partial charge >= 0.3 is 11.9 Å². The van der Waals surface area contributed by atoms with Gasteiger partial charge in [-0.05, 0) is 73.9 Å². The molecular weight excluding hydrogens is 614 g/mol. The summed E-state index contributed by atoms with van der Waals surface area (Å²) in [5, 5.41) is 9.03. The lowest BCUT2D eigenvalue weighted by molar-refractivity contribution is -0.119. The number of thiophene rings is 2. The average molecular weight is 638 g/mol. The van der Waals surface area contributed by atoms with Gasteiger partial charge in [0.1, 0.15) is 14.7 Å². The lowest BCUT2D eigenvalue weighted by Crippen LogP contribution is -2.21. The number of ether oxygens (including phenoxy) is 4. The molecule has 1 aliphatic heterocycles. The van der Waals surface area contributed by atoms with Crippen LogP contribution in [0.25, 0.3) is 15.9 Å². The van der Waals surface area contributed by atoms with E-state index in [0.717, 1.165) is 37.6 Å². The number of benzene rings is 2. The normalized spacial score (nSPS) is 12.0. The van der Waals surface area contributed by atoms with Crippen LogP contribution in [0.1, 0.15) is 41.7 Å². The largest absolute Gasteiger partial charge is 0.465 e. The van der Waals surface area contributed by atoms with Crippen LogP contribution in [-0.4, -0.2) is 48.1 Å². The van der Waals surface area contributed by atoms with Crippen molar-refractivity contribution < 1.29 is 33.3 Å². The molecule has 0 saturated heterocycles. The number of esters is 2. The van der Waals surface area contributed by atoms with Crippen LogP contribution in [-0.2, 0) is 20.7 Å². The van der Waals surface area contributed by atoms with Crippen molar-refractivity contribution in [1.29, 1.82) is 0 Å². The van der Waals surface area contributed by atoms with Crippen LogP contribution in [0.5, 0.6) is 11.5 Å². The first kappa shape index (κ1) is 28.7. The zero-order chi connectivity index (χ0) is 30.2. The predicted octanol–water partition coefficient (Wildman–Crippen LogP) is 6.32. The topological polar surface area (TPSA) is 118 Å². The van der Waals surface area contributed by atoms with Crippen LogP contribution in [0.4, 0.5) is 5.00 Å². The Labute approximate surface area is 258 Å². The molecule has 1 amide bonds. The summed E-state index contributed by atoms with van der Waals surface area (Å²) >= 11 is 8.48. The molecular formula is C30H24ClN3O7S2. The van der Waals surface area contributed by atoms with E-state index in [-0.39, 0.29) is 12.4 Å². The zero-order valence-electron chi connectivity index (χ0n) is 23.2. The van der Waals surface area contributed by atoms with Crippen LogP contribution in [0.3, 0.4) is 0 Å². The number of halogens is 1. The highest BCUT2D eigenvalue weighted by Crippen LogP contribution is 2.38. The van der Waals surface area contributed by atoms with Gasteiger partial charge in [0.05, 0.1) is 24.1 Å². The van der Waals surface area contributed by atoms with E-state index in [0.29, 0.717) is 32.8 Å². The second-order valence-electron chi connectivity index (χ2n) is 9.62. The molecule has 10 nitrogen and oxygen atoms in total. The van der Waals surface area contributed by atoms with E-state index in [4.69, 9.17) is 30.5 Å². The number of methoxy groups -OCH3 is 1. The molecule has 43 heavy (non-hydrogen) atoms. The number of hydrogen-bond acceptors (Lipinski definition) is 10. The van der Waals surface area contributed by atoms with Crippen molar-refractivity contribution in [2.75, 3.05) is 25.8 Å². The Morgan fingerprint density at radius 1 is 1.02 bits per heavy atom. The second kappa shape index (κ2) is 11.7. The minimum Gasteiger partial charge on any atom is -0.465 e. The fourth-order valence-electron chi connectivity index (χ4n) is 4.72. The van der Waals surface area contributed by atoms with Crippen molar-refractivity contribution in [3.63, 3.8) is 0 Å². The summed E-state index contributed by atoms with van der Waals surface area (Å²) in [4.78, 5) is 40.5. The van der Waals surface area contributed by atoms with E-state index in [1.165, 1.54) is 29.8 Å². The molecule has 1 aliphatic rings. The van der Waals surface area contributed by atoms with Gasteiger partial charge in [-0.25, -0.2) is 14.3 Å². The lowest BCUT2D eigenvalue weighted by atomic mass is 10.0. The quantitative estimate of drug-likeness (QED) is 0.196. The molecule has 0 atom stereocenters. The molecule has 0 radical (unpaired) electrons. The Hall–Kier alpha value is -4.39. The van der Waals surface area contributed by atoms with Gasteiger partial charge in [-0.1, -0.05) is 17.7 Å². The molecule has 6 rings (SSSR count). The van der Waals surface area contributed by atoms with Crippen LogP contribution >= 0.6 is 34.3 Å². The van der Waals surface area contributed by atoms with Gasteiger partial charge < -0.3 is 24.3 Å². The maximum absolute atomic E-state index is 12.9. The molecule has 3 aromatic heterocycles. The number of amides is 1. The SMILES string of the molecule is COC(=O)c1c(NC(=O)COC(=O)c2cc3c(C)nn(-c4ccc(Cl)cc4)c3s2)sc(C)c1Cc1ccc2c(c1)OCO2. The lowest BCUT2D eigenvalue weighted by Gasteiger charge is -2.09. The Balaban J connectivity index is 1.16. The molecule has 0 spiro atoms. The molecule has 0 unspecified atom stereocenters. The summed E-state index contributed by atoms with van der Waals surface area (Å²) in [6.45, 7) is 3.34. The van der Waals surface area contributed by atoms with Crippen molar-refractivity contribution in [2.45, 2.75) is 20.3 Å². The number of fused-ring (bicyclic) bond motifs is 2. The summed E-state index contributed by atoms with van der Waals surface area (Å²) in [5.74, 6) is -0.508. The highest BCUT2D eigenvalue weighted by Gasteiger charge is 2.26. The Kier molecular flexibility index (Phi) is 7.82. The number of carbonyl (C=O) groups is 3. The molecule has 13 heteroatoms. The van der Waals surface area contributed by atoms with Gasteiger partial charge in [0, 0.05) is 15.3 Å². The molecule has 0 saturated carbocycles. The van der Waals surface area contributed by atoms with E-state index in [1.807, 2.05) is 44.2 Å². The van der Waals surface area contributed by atoms with Crippen molar-refractivity contribution >= 4 is 67.3 Å². The van der Waals surface area contributed by atoms with Gasteiger partial charge in [-0.15, -0.1) is 22.7 Å². The van der Waals surface area contributed by atoms with E-state index >= 15 is 0 Å². The number of nitrogens with zero attached hydrogens (tertiary/aromatic N) is 2. The van der Waals surface area contributed by atoms with Gasteiger partial charge in [-0.3, -0.25) is 4.79 Å². The highest BCUT2D eigenvalue weighted by molar-refractivity contribution is 7.20. The van der Waals surface area contributed by atoms with Crippen molar-refractivity contribution in [2.24, 2.45) is 0 Å². The number of nitrogens with one attached hydrogen (secondary N) is 1. The zero-order valence-corrected chi connectivity index (χ0v) is 25.6. The summed E-state index contributed by atoms with van der Waals surface area (Å²) in [5.41, 5.74) is 3.43. The van der Waals surface area contributed by atoms with Crippen LogP contribution in [0.2, 0.25) is 5.02 Å². The smallest absolute Gasteiger partial charge is 0.348 e. The fraction of sp³-hybridized carbons (Fsp3) is 0.200. The first-order valence-corrected chi connectivity index (χ1v) is 15.0. The molecule has 2 aromatic carbocycles. The fourth-order valence-corrected chi connectivity index (χ4v) is 7.00. The van der Waals surface area contributed by atoms with E-state index < -0.39 is 24.5 Å². The van der Waals surface area contributed by atoms with E-state index in [9.17, 15) is 14.4 Å². The summed E-state index contributed by atoms with van der Waals surface area (Å²) in [6.07, 6.45) is 0.410. The van der Waals surface area contributed by atoms with Crippen LogP contribution in [0, 0.1) is 13.8 Å². The van der Waals surface area contributed by atoms with E-state index in [2.05, 4.69) is 10.4 Å². The second-order valence-corrected chi connectivity index (χ2v) is 12.3. The van der Waals surface area contributed by atoms with Gasteiger partial charge in [0.25, 0.3) is 5.91 Å². The maximum atomic E-state index is 12.9. The van der Waals surface area contributed by atoms with Crippen LogP contribution in [0.15, 0.2) is 48.5 Å². The monoisotopic (exact) mass is 637 g/mol. The number of aryl methyl sites for hydroxylation is 2. The average Bonchev–Trinajstić information content (AvgIpc) is 3.77. The van der Waals surface area contributed by atoms with E-state index in [1.54, 1.807) is 22.9 Å². The Morgan fingerprint density at radius 3 is 2.56 bits per heavy atom. The van der Waals surface area contributed by atoms with Gasteiger partial charge in [-0.2, -0.15) is 5.10 Å². The Morgan fingerprint density at radius 2 is 1.79 bits per heavy atom. The number of hydrogen-bond donors (Lipinski definition) is 1. The summed E-state index contributed by atoms with van der Waals surface area (Å²) in [6, 6.07) is 14.5. The minimum absolute atomic E-state index is 0.162. The van der Waals surface area contributed by atoms with Gasteiger partial charge in [0.2, 0.25) is 6.79 Å². The third-order valence-electron chi connectivity index (χ3n) is 6.82. The molecule has 0 bridgehead atoms. The third kappa shape index (κ3) is 5.68. The molecule has 220 valence electrons. The number of aromatic nitrogens is 2. The molecule has 0 aliphatic carbocycles. The first-order valence-electron chi connectivity index (χ1n) is 13.0. The summed E-state index contributed by atoms with van der Waals surface area (Å²) in [7, 11) is 1.28. The van der Waals surface area contributed by atoms with Crippen molar-refractivity contribution in [3.8, 4) is 17.2 Å². The molecule has 5 aromatic rings. The standard InChI is InChI=1S/C30H24ClN3O7S2/c1-15-20-12-24(43-28(20)34(33-15)19-7-5-18(31)6-8-19)29(36)39-13-25(35)32-27-26(30(37)38-3)21(16(2)42-27)10-17-4-9-22-23(11-17)41-14-40-22/h4-9,11-12H,10,13-14H2,1-3H3,(H,32,35). The summed E-state index contributed by atoms with van der Waals surface area (Å²) < 4.78 is 23.0. The predicted molar refractivity (Wildman–Crippen MR) is 163 cm³/mol. The first-order chi connectivity index (χ1) is 20.7. The molecule has 4 heterocycles. The number of carbonyl (C=O) groups excluding carboxylic acids is 3. The highest BCUT2D eigenvalue weighted by atomic mass is 35.5. The Bertz CT molecular complexity index is 1890. The number of anilines is 1. The van der Waals surface area contributed by atoms with Crippen LogP contribution < -0.4 is 14.8 Å².